The summed E-state index contributed by atoms with van der Waals surface area (Å²) >= 11 is 0. The van der Waals surface area contributed by atoms with Crippen LogP contribution in [0, 0.1) is 10.1 Å². The summed E-state index contributed by atoms with van der Waals surface area (Å²) in [7, 11) is 0. The SMILES string of the molecule is O=C(O)/C=C/c1nnnn1-c1cccc([N+](=O)[O-])c1. The van der Waals surface area contributed by atoms with Gasteiger partial charge < -0.3 is 5.11 Å². The maximum Gasteiger partial charge on any atom is 0.328 e. The van der Waals surface area contributed by atoms with E-state index in [0.29, 0.717) is 5.69 Å². The molecule has 0 saturated heterocycles. The van der Waals surface area contributed by atoms with E-state index < -0.39 is 10.9 Å². The largest absolute Gasteiger partial charge is 0.478 e. The van der Waals surface area contributed by atoms with Gasteiger partial charge in [0.25, 0.3) is 5.69 Å². The van der Waals surface area contributed by atoms with Crippen molar-refractivity contribution in [1.29, 1.82) is 0 Å². The zero-order chi connectivity index (χ0) is 13.8. The molecule has 0 saturated carbocycles. The lowest BCUT2D eigenvalue weighted by molar-refractivity contribution is -0.384. The van der Waals surface area contributed by atoms with Crippen LogP contribution in [0.4, 0.5) is 5.69 Å². The normalized spacial score (nSPS) is 10.7. The molecule has 19 heavy (non-hydrogen) atoms. The molecule has 9 nitrogen and oxygen atoms in total. The van der Waals surface area contributed by atoms with Crippen LogP contribution in [0.3, 0.4) is 0 Å². The summed E-state index contributed by atoms with van der Waals surface area (Å²) in [6, 6.07) is 5.68. The topological polar surface area (TPSA) is 124 Å². The average molecular weight is 261 g/mol. The lowest BCUT2D eigenvalue weighted by atomic mass is 10.3. The van der Waals surface area contributed by atoms with Crippen LogP contribution >= 0.6 is 0 Å². The fourth-order valence-corrected chi connectivity index (χ4v) is 1.37. The number of nitrogens with zero attached hydrogens (tertiary/aromatic N) is 5. The number of benzene rings is 1. The molecule has 0 aliphatic heterocycles. The Hall–Kier alpha value is -3.10. The summed E-state index contributed by atoms with van der Waals surface area (Å²) < 4.78 is 1.20. The van der Waals surface area contributed by atoms with Crippen LogP contribution in [-0.4, -0.2) is 36.2 Å². The summed E-state index contributed by atoms with van der Waals surface area (Å²) in [4.78, 5) is 20.6. The highest BCUT2D eigenvalue weighted by Gasteiger charge is 2.10. The predicted molar refractivity (Wildman–Crippen MR) is 62.5 cm³/mol. The Labute approximate surface area is 105 Å². The van der Waals surface area contributed by atoms with E-state index in [1.54, 1.807) is 6.07 Å². The van der Waals surface area contributed by atoms with Gasteiger partial charge in [0.05, 0.1) is 10.6 Å². The van der Waals surface area contributed by atoms with Crippen LogP contribution in [-0.2, 0) is 4.79 Å². The monoisotopic (exact) mass is 261 g/mol. The van der Waals surface area contributed by atoms with Crippen molar-refractivity contribution in [3.8, 4) is 5.69 Å². The highest BCUT2D eigenvalue weighted by Crippen LogP contribution is 2.16. The Kier molecular flexibility index (Phi) is 3.28. The van der Waals surface area contributed by atoms with Gasteiger partial charge in [-0.25, -0.2) is 4.79 Å². The first-order valence-electron chi connectivity index (χ1n) is 5.02. The molecule has 2 rings (SSSR count). The number of carboxylic acid groups (broad SMARTS) is 1. The van der Waals surface area contributed by atoms with Crippen LogP contribution in [0.15, 0.2) is 30.3 Å². The number of nitro benzene ring substituents is 1. The molecule has 0 aliphatic rings. The van der Waals surface area contributed by atoms with Gasteiger partial charge in [-0.3, -0.25) is 10.1 Å². The van der Waals surface area contributed by atoms with Crippen molar-refractivity contribution in [3.05, 3.63) is 46.3 Å². The van der Waals surface area contributed by atoms with E-state index in [1.165, 1.54) is 29.0 Å². The van der Waals surface area contributed by atoms with Crippen LogP contribution in [0.25, 0.3) is 11.8 Å². The van der Waals surface area contributed by atoms with E-state index in [2.05, 4.69) is 15.5 Å². The van der Waals surface area contributed by atoms with Gasteiger partial charge in [0.2, 0.25) is 0 Å². The molecule has 0 amide bonds. The number of carbonyl (C=O) groups is 1. The minimum atomic E-state index is -1.14. The maximum atomic E-state index is 10.7. The van der Waals surface area contributed by atoms with Crippen molar-refractivity contribution in [3.63, 3.8) is 0 Å². The first-order valence-corrected chi connectivity index (χ1v) is 5.02. The molecule has 0 atom stereocenters. The summed E-state index contributed by atoms with van der Waals surface area (Å²) in [5, 5.41) is 29.9. The van der Waals surface area contributed by atoms with Crippen LogP contribution < -0.4 is 0 Å². The molecule has 1 N–H and O–H groups in total. The van der Waals surface area contributed by atoms with Crippen molar-refractivity contribution in [2.75, 3.05) is 0 Å². The standard InChI is InChI=1S/C10H7N5O4/c16-10(17)5-4-9-11-12-13-14(9)7-2-1-3-8(6-7)15(18)19/h1-6H,(H,16,17)/b5-4+. The van der Waals surface area contributed by atoms with E-state index in [1.807, 2.05) is 0 Å². The van der Waals surface area contributed by atoms with E-state index in [0.717, 1.165) is 6.08 Å². The zero-order valence-electron chi connectivity index (χ0n) is 9.37. The number of nitro groups is 1. The fourth-order valence-electron chi connectivity index (χ4n) is 1.37. The molecule has 1 aromatic carbocycles. The lowest BCUT2D eigenvalue weighted by Gasteiger charge is -2.00. The first-order chi connectivity index (χ1) is 9.08. The second-order valence-corrected chi connectivity index (χ2v) is 3.40. The van der Waals surface area contributed by atoms with Gasteiger partial charge in [0.1, 0.15) is 0 Å². The second kappa shape index (κ2) is 5.04. The summed E-state index contributed by atoms with van der Waals surface area (Å²) in [5.74, 6) is -0.989. The maximum absolute atomic E-state index is 10.7. The van der Waals surface area contributed by atoms with Gasteiger partial charge in [-0.15, -0.1) is 5.10 Å². The number of hydrogen-bond donors (Lipinski definition) is 1. The molecule has 96 valence electrons. The molecule has 0 radical (unpaired) electrons. The smallest absolute Gasteiger partial charge is 0.328 e. The Bertz CT molecular complexity index is 663. The number of tetrazole rings is 1. The number of hydrogen-bond acceptors (Lipinski definition) is 6. The molecular formula is C10H7N5O4. The minimum Gasteiger partial charge on any atom is -0.478 e. The average Bonchev–Trinajstić information content (AvgIpc) is 2.84. The lowest BCUT2D eigenvalue weighted by Crippen LogP contribution is -2.01. The third kappa shape index (κ3) is 2.77. The predicted octanol–water partition coefficient (Wildman–Crippen LogP) is 0.668. The van der Waals surface area contributed by atoms with Gasteiger partial charge in [-0.05, 0) is 22.6 Å². The third-order valence-electron chi connectivity index (χ3n) is 2.15. The number of non-ortho nitro benzene ring substituents is 1. The zero-order valence-corrected chi connectivity index (χ0v) is 9.37. The molecular weight excluding hydrogens is 254 g/mol. The number of aliphatic carboxylic acids is 1. The Morgan fingerprint density at radius 2 is 2.26 bits per heavy atom. The highest BCUT2D eigenvalue weighted by atomic mass is 16.6. The van der Waals surface area contributed by atoms with Gasteiger partial charge in [-0.1, -0.05) is 6.07 Å². The Balaban J connectivity index is 2.42. The van der Waals surface area contributed by atoms with Crippen molar-refractivity contribution < 1.29 is 14.8 Å². The molecule has 0 bridgehead atoms. The first kappa shape index (κ1) is 12.4. The van der Waals surface area contributed by atoms with Crippen LogP contribution in [0.1, 0.15) is 5.82 Å². The van der Waals surface area contributed by atoms with Crippen molar-refractivity contribution in [2.24, 2.45) is 0 Å². The second-order valence-electron chi connectivity index (χ2n) is 3.40. The van der Waals surface area contributed by atoms with Crippen molar-refractivity contribution in [1.82, 2.24) is 20.2 Å². The molecule has 0 unspecified atom stereocenters. The summed E-state index contributed by atoms with van der Waals surface area (Å²) in [6.45, 7) is 0. The van der Waals surface area contributed by atoms with E-state index in [-0.39, 0.29) is 11.5 Å². The van der Waals surface area contributed by atoms with Crippen molar-refractivity contribution >= 4 is 17.7 Å². The molecule has 1 heterocycles. The Morgan fingerprint density at radius 3 is 2.95 bits per heavy atom. The fraction of sp³-hybridized carbons (Fsp3) is 0. The van der Waals surface area contributed by atoms with Crippen LogP contribution in [0.2, 0.25) is 0 Å². The number of carboxylic acids is 1. The highest BCUT2D eigenvalue weighted by molar-refractivity contribution is 5.84. The molecule has 0 fully saturated rings. The quantitative estimate of drug-likeness (QED) is 0.487. The van der Waals surface area contributed by atoms with E-state index in [4.69, 9.17) is 5.11 Å². The molecule has 9 heteroatoms. The van der Waals surface area contributed by atoms with Crippen molar-refractivity contribution in [2.45, 2.75) is 0 Å². The van der Waals surface area contributed by atoms with E-state index in [9.17, 15) is 14.9 Å². The van der Waals surface area contributed by atoms with Gasteiger partial charge in [-0.2, -0.15) is 4.68 Å². The van der Waals surface area contributed by atoms with Gasteiger partial charge >= 0.3 is 5.97 Å². The summed E-state index contributed by atoms with van der Waals surface area (Å²) in [6.07, 6.45) is 2.07. The molecule has 2 aromatic rings. The summed E-state index contributed by atoms with van der Waals surface area (Å²) in [5.41, 5.74) is 0.255. The van der Waals surface area contributed by atoms with E-state index >= 15 is 0 Å². The molecule has 0 aliphatic carbocycles. The van der Waals surface area contributed by atoms with Crippen LogP contribution in [0.5, 0.6) is 0 Å². The number of rotatable bonds is 4. The number of aromatic nitrogens is 4. The minimum absolute atomic E-state index is 0.110. The molecule has 1 aromatic heterocycles. The van der Waals surface area contributed by atoms with Gasteiger partial charge in [0.15, 0.2) is 5.82 Å². The Morgan fingerprint density at radius 1 is 1.47 bits per heavy atom. The van der Waals surface area contributed by atoms with Gasteiger partial charge in [0, 0.05) is 18.2 Å². The molecule has 0 spiro atoms. The third-order valence-corrected chi connectivity index (χ3v) is 2.15.